The molecular weight excluding hydrogens is 684 g/mol. The Morgan fingerprint density at radius 2 is 1.83 bits per heavy atom. The van der Waals surface area contributed by atoms with E-state index in [9.17, 15) is 9.59 Å². The van der Waals surface area contributed by atoms with Crippen molar-refractivity contribution in [3.8, 4) is 45.5 Å². The first kappa shape index (κ1) is 35.0. The van der Waals surface area contributed by atoms with E-state index in [0.717, 1.165) is 55.9 Å². The highest BCUT2D eigenvalue weighted by molar-refractivity contribution is 6.09. The number of nitrogens with zero attached hydrogens (tertiary/aromatic N) is 3. The zero-order chi connectivity index (χ0) is 37.8. The summed E-state index contributed by atoms with van der Waals surface area (Å²) in [4.78, 5) is 33.0. The second-order valence-corrected chi connectivity index (χ2v) is 14.9. The number of benzene rings is 3. The largest absolute Gasteiger partial charge is 0.495 e. The number of fused-ring (bicyclic) bond motifs is 8. The Kier molecular flexibility index (Phi) is 8.91. The lowest BCUT2D eigenvalue weighted by Crippen LogP contribution is -2.32. The molecule has 0 fully saturated rings. The number of carbonyl (C=O) groups is 2. The molecule has 3 aliphatic heterocycles. The smallest absolute Gasteiger partial charge is 0.249 e. The topological polar surface area (TPSA) is 160 Å². The molecule has 3 unspecified atom stereocenters. The number of carbonyl (C=O) groups excluding carboxylic acids is 2. The maximum Gasteiger partial charge on any atom is 0.249 e. The maximum absolute atomic E-state index is 13.1. The lowest BCUT2D eigenvalue weighted by atomic mass is 9.92. The van der Waals surface area contributed by atoms with E-state index in [1.165, 1.54) is 0 Å². The summed E-state index contributed by atoms with van der Waals surface area (Å²) < 4.78 is 28.0. The third-order valence-corrected chi connectivity index (χ3v) is 10.2. The summed E-state index contributed by atoms with van der Waals surface area (Å²) in [6.07, 6.45) is 4.69. The molecule has 4 N–H and O–H groups in total. The van der Waals surface area contributed by atoms with Crippen LogP contribution in [-0.4, -0.2) is 39.7 Å². The zero-order valence-corrected chi connectivity index (χ0v) is 31.2. The molecule has 3 aromatic heterocycles. The van der Waals surface area contributed by atoms with Gasteiger partial charge in [0.25, 0.3) is 0 Å². The molecule has 6 heterocycles. The minimum atomic E-state index is -0.546. The number of rotatable bonds is 4. The van der Waals surface area contributed by atoms with Crippen LogP contribution in [0.25, 0.3) is 44.9 Å². The number of aromatic nitrogens is 3. The van der Waals surface area contributed by atoms with Gasteiger partial charge in [0.15, 0.2) is 23.4 Å². The molecule has 54 heavy (non-hydrogen) atoms. The lowest BCUT2D eigenvalue weighted by molar-refractivity contribution is -0.122. The molecule has 12 heteroatoms. The summed E-state index contributed by atoms with van der Waals surface area (Å²) in [7, 11) is 3.68. The van der Waals surface area contributed by atoms with Crippen LogP contribution in [0.3, 0.4) is 0 Å². The fraction of sp³-hybridized carbons (Fsp3) is 0.333. The van der Waals surface area contributed by atoms with Crippen molar-refractivity contribution in [2.75, 3.05) is 12.4 Å². The van der Waals surface area contributed by atoms with Gasteiger partial charge < -0.3 is 39.2 Å². The van der Waals surface area contributed by atoms with Gasteiger partial charge in [0.05, 0.1) is 18.8 Å². The van der Waals surface area contributed by atoms with Gasteiger partial charge in [-0.25, -0.2) is 9.97 Å². The van der Waals surface area contributed by atoms with Crippen LogP contribution in [0.5, 0.6) is 11.5 Å². The molecule has 3 aliphatic rings. The Morgan fingerprint density at radius 1 is 1.02 bits per heavy atom. The number of amides is 2. The monoisotopic (exact) mass is 728 g/mol. The van der Waals surface area contributed by atoms with Crippen LogP contribution in [0.4, 0.5) is 5.69 Å². The summed E-state index contributed by atoms with van der Waals surface area (Å²) in [5.41, 5.74) is 12.1. The van der Waals surface area contributed by atoms with Crippen molar-refractivity contribution in [1.82, 2.24) is 19.9 Å². The van der Waals surface area contributed by atoms with Crippen molar-refractivity contribution >= 4 is 28.4 Å². The number of oxazole rings is 2. The van der Waals surface area contributed by atoms with E-state index < -0.39 is 18.2 Å². The fourth-order valence-corrected chi connectivity index (χ4v) is 7.73. The van der Waals surface area contributed by atoms with Crippen LogP contribution in [0.2, 0.25) is 0 Å². The van der Waals surface area contributed by atoms with E-state index in [4.69, 9.17) is 34.0 Å². The minimum Gasteiger partial charge on any atom is -0.495 e. The Hall–Kier alpha value is -6.04. The molecule has 3 atom stereocenters. The molecule has 0 radical (unpaired) electrons. The normalized spacial score (nSPS) is 18.1. The predicted molar refractivity (Wildman–Crippen MR) is 205 cm³/mol. The van der Waals surface area contributed by atoms with Gasteiger partial charge in [-0.2, -0.15) is 0 Å². The van der Waals surface area contributed by atoms with Crippen molar-refractivity contribution in [1.29, 1.82) is 0 Å². The quantitative estimate of drug-likeness (QED) is 0.165. The average Bonchev–Trinajstić information content (AvgIpc) is 3.92. The summed E-state index contributed by atoms with van der Waals surface area (Å²) >= 11 is 0. The highest BCUT2D eigenvalue weighted by Gasteiger charge is 2.43. The molecule has 2 amide bonds. The van der Waals surface area contributed by atoms with Crippen LogP contribution >= 0.6 is 0 Å². The Morgan fingerprint density at radius 3 is 2.57 bits per heavy atom. The van der Waals surface area contributed by atoms with E-state index in [2.05, 4.69) is 39.5 Å². The molecule has 6 bridgehead atoms. The number of nitrogens with two attached hydrogens (primary N) is 1. The fourth-order valence-electron chi connectivity index (χ4n) is 7.73. The molecule has 9 rings (SSSR count). The summed E-state index contributed by atoms with van der Waals surface area (Å²) in [5, 5.41) is 7.91. The molecule has 278 valence electrons. The first-order valence-corrected chi connectivity index (χ1v) is 18.4. The van der Waals surface area contributed by atoms with Crippen molar-refractivity contribution in [3.05, 3.63) is 89.8 Å². The number of methoxy groups -OCH3 is 1. The predicted octanol–water partition coefficient (Wildman–Crippen LogP) is 7.72. The van der Waals surface area contributed by atoms with Gasteiger partial charge in [0.1, 0.15) is 23.5 Å². The first-order valence-electron chi connectivity index (χ1n) is 18.4. The molecule has 0 aliphatic carbocycles. The van der Waals surface area contributed by atoms with E-state index in [-0.39, 0.29) is 17.7 Å². The summed E-state index contributed by atoms with van der Waals surface area (Å²) in [6, 6.07) is 18.0. The van der Waals surface area contributed by atoms with Crippen molar-refractivity contribution < 1.29 is 27.9 Å². The number of nitrogens with one attached hydrogen (secondary N) is 2. The Labute approximate surface area is 313 Å². The van der Waals surface area contributed by atoms with Crippen molar-refractivity contribution in [2.45, 2.75) is 65.1 Å². The molecule has 12 nitrogen and oxygen atoms in total. The third kappa shape index (κ3) is 6.14. The van der Waals surface area contributed by atoms with Crippen LogP contribution in [-0.2, 0) is 23.1 Å². The Bertz CT molecular complexity index is 2400. The van der Waals surface area contributed by atoms with Crippen LogP contribution in [0.15, 0.2) is 75.8 Å². The van der Waals surface area contributed by atoms with Crippen LogP contribution in [0, 0.1) is 11.8 Å². The number of para-hydroxylation sites is 1. The molecule has 6 aromatic rings. The molecule has 0 saturated heterocycles. The van der Waals surface area contributed by atoms with E-state index >= 15 is 0 Å². The zero-order valence-electron chi connectivity index (χ0n) is 31.2. The lowest BCUT2D eigenvalue weighted by Gasteiger charge is -2.23. The number of aryl methyl sites for hydroxylation is 2. The second-order valence-electron chi connectivity index (χ2n) is 14.9. The number of hydrogen-bond acceptors (Lipinski definition) is 9. The van der Waals surface area contributed by atoms with Gasteiger partial charge in [-0.15, -0.1) is 0 Å². The Balaban J connectivity index is 0.000000541. The second kappa shape index (κ2) is 13.7. The molecule has 0 saturated carbocycles. The maximum atomic E-state index is 13.1. The van der Waals surface area contributed by atoms with Gasteiger partial charge >= 0.3 is 0 Å². The van der Waals surface area contributed by atoms with Crippen molar-refractivity contribution in [2.24, 2.45) is 24.6 Å². The highest BCUT2D eigenvalue weighted by Crippen LogP contribution is 2.50. The van der Waals surface area contributed by atoms with Crippen LogP contribution < -0.4 is 25.8 Å². The SMILES string of the molecule is CC(C)CC(N)=O.COc1ccc2c3c(cn(C)c13)-c1cnc(o1)-c1nc3oc1C1c4cc(ccc4OC1Nc1ccccc1-2)CCC(=O)NC3C(C)C. The summed E-state index contributed by atoms with van der Waals surface area (Å²) in [6.45, 7) is 8.01. The highest BCUT2D eigenvalue weighted by atomic mass is 16.5. The average molecular weight is 729 g/mol. The van der Waals surface area contributed by atoms with Crippen LogP contribution in [0.1, 0.15) is 75.3 Å². The number of ether oxygens (including phenoxy) is 2. The van der Waals surface area contributed by atoms with E-state index in [1.807, 2.05) is 71.3 Å². The number of anilines is 1. The minimum absolute atomic E-state index is 0.0186. The van der Waals surface area contributed by atoms with Gasteiger partial charge in [-0.05, 0) is 53.6 Å². The summed E-state index contributed by atoms with van der Waals surface area (Å²) in [5.74, 6) is 3.15. The van der Waals surface area contributed by atoms with Gasteiger partial charge in [0, 0.05) is 53.9 Å². The molecular formula is C42H44N6O6. The van der Waals surface area contributed by atoms with Gasteiger partial charge in [0.2, 0.25) is 23.6 Å². The third-order valence-electron chi connectivity index (χ3n) is 10.2. The molecule has 0 spiro atoms. The van der Waals surface area contributed by atoms with Gasteiger partial charge in [-0.3, -0.25) is 9.59 Å². The number of hydrogen-bond donors (Lipinski definition) is 3. The first-order chi connectivity index (χ1) is 26.0. The van der Waals surface area contributed by atoms with Gasteiger partial charge in [-0.1, -0.05) is 58.0 Å². The number of primary amides is 1. The van der Waals surface area contributed by atoms with E-state index in [0.29, 0.717) is 54.2 Å². The van der Waals surface area contributed by atoms with Crippen molar-refractivity contribution in [3.63, 3.8) is 0 Å². The standard InChI is InChI=1S/C37H33N5O5.C5H11NO/c1-18(2)31-37-41-32-34(47-37)30-22-15-19(10-14-28(43)40-31)9-12-25(22)45-35(30)39-24-8-6-5-7-20(24)21-11-13-26(44-4)33-29(21)23(17-42(33)3)27-16-38-36(32)46-27;1-4(2)3-5(6)7/h5-9,11-13,15-18,30-31,35,39H,10,14H2,1-4H3,(H,40,43);4H,3H2,1-2H3,(H2,6,7). The van der Waals surface area contributed by atoms with E-state index in [1.54, 1.807) is 13.3 Å². The molecule has 3 aromatic carbocycles.